The Hall–Kier alpha value is -1.52. The van der Waals surface area contributed by atoms with Gasteiger partial charge in [0.2, 0.25) is 5.82 Å². The van der Waals surface area contributed by atoms with E-state index in [0.717, 1.165) is 19.0 Å². The molecule has 0 saturated heterocycles. The Morgan fingerprint density at radius 3 is 2.93 bits per heavy atom. The molecule has 0 fully saturated rings. The summed E-state index contributed by atoms with van der Waals surface area (Å²) in [6.45, 7) is 3.71. The topological polar surface area (TPSA) is 52.1 Å². The zero-order valence-corrected chi connectivity index (χ0v) is 8.79. The number of nitrogens with zero attached hydrogens (tertiary/aromatic N) is 2. The SMILES string of the molecule is CCCCOc1nc(C(C)=O)ncc1F. The van der Waals surface area contributed by atoms with E-state index in [1.165, 1.54) is 6.92 Å². The Bertz CT molecular complexity index is 355. The highest BCUT2D eigenvalue weighted by Gasteiger charge is 2.10. The lowest BCUT2D eigenvalue weighted by molar-refractivity contribution is 0.100. The van der Waals surface area contributed by atoms with Gasteiger partial charge in [-0.1, -0.05) is 13.3 Å². The van der Waals surface area contributed by atoms with Gasteiger partial charge in [0.1, 0.15) is 0 Å². The predicted octanol–water partition coefficient (Wildman–Crippen LogP) is 2.00. The minimum absolute atomic E-state index is 0.0251. The molecule has 4 nitrogen and oxygen atoms in total. The number of ketones is 1. The van der Waals surface area contributed by atoms with Crippen LogP contribution in [-0.2, 0) is 0 Å². The molecule has 0 bridgehead atoms. The minimum atomic E-state index is -0.642. The summed E-state index contributed by atoms with van der Waals surface area (Å²) in [5, 5.41) is 0. The summed E-state index contributed by atoms with van der Waals surface area (Å²) in [4.78, 5) is 18.2. The standard InChI is InChI=1S/C10H13FN2O2/c1-3-4-5-15-10-8(11)6-12-9(13-10)7(2)14/h6H,3-5H2,1-2H3. The van der Waals surface area contributed by atoms with Crippen LogP contribution in [0.4, 0.5) is 4.39 Å². The van der Waals surface area contributed by atoms with Crippen LogP contribution in [0.2, 0.25) is 0 Å². The number of Topliss-reactive ketones (excluding diaryl/α,β-unsaturated/α-hetero) is 1. The van der Waals surface area contributed by atoms with E-state index < -0.39 is 5.82 Å². The van der Waals surface area contributed by atoms with Gasteiger partial charge in [0, 0.05) is 6.92 Å². The fourth-order valence-electron chi connectivity index (χ4n) is 0.936. The number of ether oxygens (including phenoxy) is 1. The summed E-state index contributed by atoms with van der Waals surface area (Å²) in [6, 6.07) is 0. The molecule has 0 aliphatic heterocycles. The molecule has 0 saturated carbocycles. The molecule has 0 radical (unpaired) electrons. The molecule has 0 aliphatic rings. The second-order valence-electron chi connectivity index (χ2n) is 3.10. The second-order valence-corrected chi connectivity index (χ2v) is 3.10. The lowest BCUT2D eigenvalue weighted by atomic mass is 10.4. The largest absolute Gasteiger partial charge is 0.476 e. The average molecular weight is 212 g/mol. The molecular weight excluding hydrogens is 199 g/mol. The zero-order chi connectivity index (χ0) is 11.3. The normalized spacial score (nSPS) is 10.1. The van der Waals surface area contributed by atoms with E-state index in [9.17, 15) is 9.18 Å². The van der Waals surface area contributed by atoms with Crippen molar-refractivity contribution in [2.24, 2.45) is 0 Å². The molecule has 1 aromatic rings. The van der Waals surface area contributed by atoms with Crippen LogP contribution in [0.25, 0.3) is 0 Å². The molecule has 0 amide bonds. The molecule has 1 heterocycles. The van der Waals surface area contributed by atoms with Crippen LogP contribution < -0.4 is 4.74 Å². The van der Waals surface area contributed by atoms with E-state index in [4.69, 9.17) is 4.74 Å². The third-order valence-electron chi connectivity index (χ3n) is 1.76. The van der Waals surface area contributed by atoms with Gasteiger partial charge in [-0.15, -0.1) is 0 Å². The number of aromatic nitrogens is 2. The van der Waals surface area contributed by atoms with Crippen LogP contribution in [0.5, 0.6) is 5.88 Å². The van der Waals surface area contributed by atoms with Crippen molar-refractivity contribution < 1.29 is 13.9 Å². The minimum Gasteiger partial charge on any atom is -0.476 e. The van der Waals surface area contributed by atoms with Gasteiger partial charge in [-0.05, 0) is 6.42 Å². The van der Waals surface area contributed by atoms with Crippen LogP contribution in [0.3, 0.4) is 0 Å². The summed E-state index contributed by atoms with van der Waals surface area (Å²) in [5.41, 5.74) is 0. The molecular formula is C10H13FN2O2. The first-order chi connectivity index (χ1) is 7.15. The van der Waals surface area contributed by atoms with Crippen molar-refractivity contribution in [2.75, 3.05) is 6.61 Å². The summed E-state index contributed by atoms with van der Waals surface area (Å²) < 4.78 is 18.2. The summed E-state index contributed by atoms with van der Waals surface area (Å²) in [6.07, 6.45) is 2.72. The Balaban J connectivity index is 2.76. The number of carbonyl (C=O) groups is 1. The van der Waals surface area contributed by atoms with Crippen molar-refractivity contribution in [1.29, 1.82) is 0 Å². The van der Waals surface area contributed by atoms with Crippen molar-refractivity contribution in [3.05, 3.63) is 17.8 Å². The second kappa shape index (κ2) is 5.38. The molecule has 5 heteroatoms. The smallest absolute Gasteiger partial charge is 0.254 e. The van der Waals surface area contributed by atoms with Gasteiger partial charge >= 0.3 is 0 Å². The fourth-order valence-corrected chi connectivity index (χ4v) is 0.936. The van der Waals surface area contributed by atoms with Gasteiger partial charge in [-0.3, -0.25) is 4.79 Å². The first-order valence-electron chi connectivity index (χ1n) is 4.81. The Kier molecular flexibility index (Phi) is 4.15. The van der Waals surface area contributed by atoms with E-state index in [1.807, 2.05) is 6.92 Å². The Morgan fingerprint density at radius 1 is 1.60 bits per heavy atom. The molecule has 0 spiro atoms. The molecule has 0 aliphatic carbocycles. The quantitative estimate of drug-likeness (QED) is 0.553. The molecule has 82 valence electrons. The number of unbranched alkanes of at least 4 members (excludes halogenated alkanes) is 1. The molecule has 0 N–H and O–H groups in total. The van der Waals surface area contributed by atoms with Gasteiger partial charge in [0.15, 0.2) is 11.6 Å². The fraction of sp³-hybridized carbons (Fsp3) is 0.500. The van der Waals surface area contributed by atoms with Crippen LogP contribution >= 0.6 is 0 Å². The summed E-state index contributed by atoms with van der Waals surface area (Å²) in [5.74, 6) is -1.13. The third-order valence-corrected chi connectivity index (χ3v) is 1.76. The molecule has 0 unspecified atom stereocenters. The van der Waals surface area contributed by atoms with Crippen LogP contribution in [0.15, 0.2) is 6.20 Å². The van der Waals surface area contributed by atoms with E-state index in [-0.39, 0.29) is 17.5 Å². The Morgan fingerprint density at radius 2 is 2.33 bits per heavy atom. The maximum absolute atomic E-state index is 13.1. The average Bonchev–Trinajstić information content (AvgIpc) is 2.20. The number of halogens is 1. The van der Waals surface area contributed by atoms with Crippen molar-refractivity contribution in [3.8, 4) is 5.88 Å². The predicted molar refractivity (Wildman–Crippen MR) is 52.4 cm³/mol. The maximum Gasteiger partial charge on any atom is 0.254 e. The van der Waals surface area contributed by atoms with Gasteiger partial charge in [0.25, 0.3) is 5.88 Å². The number of hydrogen-bond donors (Lipinski definition) is 0. The Labute approximate surface area is 87.5 Å². The first kappa shape index (κ1) is 11.6. The summed E-state index contributed by atoms with van der Waals surface area (Å²) in [7, 11) is 0. The van der Waals surface area contributed by atoms with Gasteiger partial charge < -0.3 is 4.74 Å². The number of rotatable bonds is 5. The van der Waals surface area contributed by atoms with E-state index >= 15 is 0 Å². The van der Waals surface area contributed by atoms with Crippen LogP contribution in [-0.4, -0.2) is 22.4 Å². The zero-order valence-electron chi connectivity index (χ0n) is 8.79. The molecule has 15 heavy (non-hydrogen) atoms. The van der Waals surface area contributed by atoms with E-state index in [0.29, 0.717) is 6.61 Å². The highest BCUT2D eigenvalue weighted by molar-refractivity contribution is 5.90. The molecule has 0 atom stereocenters. The molecule has 0 aromatic carbocycles. The van der Waals surface area contributed by atoms with Crippen molar-refractivity contribution in [1.82, 2.24) is 9.97 Å². The number of hydrogen-bond acceptors (Lipinski definition) is 4. The van der Waals surface area contributed by atoms with Crippen molar-refractivity contribution >= 4 is 5.78 Å². The monoisotopic (exact) mass is 212 g/mol. The summed E-state index contributed by atoms with van der Waals surface area (Å²) >= 11 is 0. The number of carbonyl (C=O) groups excluding carboxylic acids is 1. The van der Waals surface area contributed by atoms with Gasteiger partial charge in [-0.25, -0.2) is 4.98 Å². The lowest BCUT2D eigenvalue weighted by Crippen LogP contribution is -2.07. The first-order valence-corrected chi connectivity index (χ1v) is 4.81. The van der Waals surface area contributed by atoms with Crippen LogP contribution in [0.1, 0.15) is 37.3 Å². The van der Waals surface area contributed by atoms with Gasteiger partial charge in [0.05, 0.1) is 12.8 Å². The van der Waals surface area contributed by atoms with Crippen molar-refractivity contribution in [3.63, 3.8) is 0 Å². The lowest BCUT2D eigenvalue weighted by Gasteiger charge is -2.05. The highest BCUT2D eigenvalue weighted by atomic mass is 19.1. The third kappa shape index (κ3) is 3.27. The van der Waals surface area contributed by atoms with Gasteiger partial charge in [-0.2, -0.15) is 9.37 Å². The van der Waals surface area contributed by atoms with Crippen molar-refractivity contribution in [2.45, 2.75) is 26.7 Å². The molecule has 1 aromatic heterocycles. The van der Waals surface area contributed by atoms with E-state index in [1.54, 1.807) is 0 Å². The molecule has 1 rings (SSSR count). The maximum atomic E-state index is 13.1. The highest BCUT2D eigenvalue weighted by Crippen LogP contribution is 2.12. The van der Waals surface area contributed by atoms with E-state index in [2.05, 4.69) is 9.97 Å². The van der Waals surface area contributed by atoms with Crippen LogP contribution in [0, 0.1) is 5.82 Å².